The third-order valence-corrected chi connectivity index (χ3v) is 6.23. The third-order valence-electron chi connectivity index (χ3n) is 6.23. The van der Waals surface area contributed by atoms with Crippen molar-refractivity contribution in [3.05, 3.63) is 48.5 Å². The van der Waals surface area contributed by atoms with E-state index in [1.54, 1.807) is 7.11 Å². The number of anilines is 1. The molecule has 2 aromatic carbocycles. The highest BCUT2D eigenvalue weighted by Gasteiger charge is 2.23. The lowest BCUT2D eigenvalue weighted by molar-refractivity contribution is -0.120. The molecule has 0 saturated carbocycles. The first-order valence-electron chi connectivity index (χ1n) is 12.1. The van der Waals surface area contributed by atoms with Crippen molar-refractivity contribution in [3.63, 3.8) is 0 Å². The molecule has 1 amide bonds. The van der Waals surface area contributed by atoms with E-state index in [-0.39, 0.29) is 12.5 Å². The van der Waals surface area contributed by atoms with Crippen LogP contribution < -0.4 is 19.1 Å². The molecule has 1 heterocycles. The van der Waals surface area contributed by atoms with Crippen LogP contribution in [0.25, 0.3) is 0 Å². The number of methoxy groups -OCH3 is 1. The molecule has 0 radical (unpaired) electrons. The van der Waals surface area contributed by atoms with E-state index in [1.165, 1.54) is 19.3 Å². The number of rotatable bonds is 12. The molecule has 6 heteroatoms. The second-order valence-corrected chi connectivity index (χ2v) is 8.63. The zero-order valence-electron chi connectivity index (χ0n) is 20.3. The van der Waals surface area contributed by atoms with E-state index in [0.29, 0.717) is 24.9 Å². The van der Waals surface area contributed by atoms with Gasteiger partial charge < -0.3 is 24.0 Å². The number of unbranched alkanes of at least 4 members (excludes halogenated alkanes) is 1. The summed E-state index contributed by atoms with van der Waals surface area (Å²) in [5.74, 6) is 2.14. The first-order chi connectivity index (χ1) is 16.1. The van der Waals surface area contributed by atoms with Crippen LogP contribution >= 0.6 is 0 Å². The summed E-state index contributed by atoms with van der Waals surface area (Å²) < 4.78 is 16.9. The SMILES string of the molecule is CCCCOc1ccc(OCC(=O)N(CCC2CCCCN2C)c2cccc(OC)c2)cc1. The number of hydrogen-bond acceptors (Lipinski definition) is 5. The molecule has 3 rings (SSSR count). The maximum atomic E-state index is 13.2. The molecule has 2 aromatic rings. The molecule has 0 N–H and O–H groups in total. The van der Waals surface area contributed by atoms with Gasteiger partial charge in [-0.3, -0.25) is 4.79 Å². The maximum Gasteiger partial charge on any atom is 0.264 e. The highest BCUT2D eigenvalue weighted by molar-refractivity contribution is 5.94. The minimum absolute atomic E-state index is 0.0201. The first kappa shape index (κ1) is 24.9. The smallest absolute Gasteiger partial charge is 0.264 e. The Morgan fingerprint density at radius 1 is 1.06 bits per heavy atom. The van der Waals surface area contributed by atoms with Crippen LogP contribution in [0.2, 0.25) is 0 Å². The number of ether oxygens (including phenoxy) is 3. The molecule has 33 heavy (non-hydrogen) atoms. The fourth-order valence-electron chi connectivity index (χ4n) is 4.15. The van der Waals surface area contributed by atoms with E-state index < -0.39 is 0 Å². The van der Waals surface area contributed by atoms with Gasteiger partial charge in [-0.15, -0.1) is 0 Å². The quantitative estimate of drug-likeness (QED) is 0.415. The Labute approximate surface area is 198 Å². The lowest BCUT2D eigenvalue weighted by Gasteiger charge is -2.34. The van der Waals surface area contributed by atoms with Gasteiger partial charge in [0.05, 0.1) is 13.7 Å². The van der Waals surface area contributed by atoms with Crippen LogP contribution in [-0.2, 0) is 4.79 Å². The molecule has 1 unspecified atom stereocenters. The van der Waals surface area contributed by atoms with Crippen molar-refractivity contribution in [1.82, 2.24) is 4.90 Å². The zero-order chi connectivity index (χ0) is 23.5. The molecule has 0 aliphatic carbocycles. The van der Waals surface area contributed by atoms with Crippen LogP contribution in [0.15, 0.2) is 48.5 Å². The molecule has 0 bridgehead atoms. The van der Waals surface area contributed by atoms with E-state index in [0.717, 1.165) is 43.0 Å². The Kier molecular flexibility index (Phi) is 9.88. The molecular weight excluding hydrogens is 416 g/mol. The molecular formula is C27H38N2O4. The monoisotopic (exact) mass is 454 g/mol. The Balaban J connectivity index is 1.62. The number of amides is 1. The van der Waals surface area contributed by atoms with Gasteiger partial charge in [0.1, 0.15) is 17.2 Å². The summed E-state index contributed by atoms with van der Waals surface area (Å²) in [4.78, 5) is 17.5. The highest BCUT2D eigenvalue weighted by atomic mass is 16.5. The fourth-order valence-corrected chi connectivity index (χ4v) is 4.15. The Morgan fingerprint density at radius 3 is 2.52 bits per heavy atom. The third kappa shape index (κ3) is 7.67. The normalized spacial score (nSPS) is 16.3. The standard InChI is InChI=1S/C27H38N2O4/c1-4-5-19-32-24-12-14-25(15-13-24)33-21-27(30)29(23-10-8-11-26(20-23)31-3)18-16-22-9-6-7-17-28(22)2/h8,10-15,20,22H,4-7,9,16-19,21H2,1-3H3. The number of carbonyl (C=O) groups is 1. The van der Waals surface area contributed by atoms with Crippen LogP contribution in [0.5, 0.6) is 17.2 Å². The molecule has 6 nitrogen and oxygen atoms in total. The van der Waals surface area contributed by atoms with Crippen LogP contribution in [0.1, 0.15) is 45.4 Å². The topological polar surface area (TPSA) is 51.2 Å². The van der Waals surface area contributed by atoms with Crippen molar-refractivity contribution < 1.29 is 19.0 Å². The summed E-state index contributed by atoms with van der Waals surface area (Å²) >= 11 is 0. The number of likely N-dealkylation sites (tertiary alicyclic amines) is 1. The van der Waals surface area contributed by atoms with Crippen LogP contribution in [0.4, 0.5) is 5.69 Å². The van der Waals surface area contributed by atoms with Gasteiger partial charge in [-0.2, -0.15) is 0 Å². The largest absolute Gasteiger partial charge is 0.497 e. The Morgan fingerprint density at radius 2 is 1.82 bits per heavy atom. The minimum atomic E-state index is -0.0648. The average Bonchev–Trinajstić information content (AvgIpc) is 2.85. The van der Waals surface area contributed by atoms with Gasteiger partial charge in [-0.1, -0.05) is 25.8 Å². The van der Waals surface area contributed by atoms with E-state index in [9.17, 15) is 4.79 Å². The maximum absolute atomic E-state index is 13.2. The number of piperidine rings is 1. The minimum Gasteiger partial charge on any atom is -0.497 e. The number of carbonyl (C=O) groups excluding carboxylic acids is 1. The van der Waals surface area contributed by atoms with E-state index in [4.69, 9.17) is 14.2 Å². The predicted octanol–water partition coefficient (Wildman–Crippen LogP) is 5.16. The fraction of sp³-hybridized carbons (Fsp3) is 0.519. The van der Waals surface area contributed by atoms with E-state index in [1.807, 2.05) is 53.4 Å². The highest BCUT2D eigenvalue weighted by Crippen LogP contribution is 2.24. The van der Waals surface area contributed by atoms with Crippen molar-refractivity contribution in [2.75, 3.05) is 45.4 Å². The molecule has 1 saturated heterocycles. The number of benzene rings is 2. The second-order valence-electron chi connectivity index (χ2n) is 8.63. The van der Waals surface area contributed by atoms with Gasteiger partial charge in [-0.25, -0.2) is 0 Å². The molecule has 1 aliphatic rings. The zero-order valence-corrected chi connectivity index (χ0v) is 20.3. The molecule has 0 spiro atoms. The van der Waals surface area contributed by atoms with Gasteiger partial charge >= 0.3 is 0 Å². The lowest BCUT2D eigenvalue weighted by atomic mass is 10.00. The van der Waals surface area contributed by atoms with Crippen LogP contribution in [0, 0.1) is 0 Å². The van der Waals surface area contributed by atoms with Crippen molar-refractivity contribution in [3.8, 4) is 17.2 Å². The summed E-state index contributed by atoms with van der Waals surface area (Å²) in [6.45, 7) is 4.60. The van der Waals surface area contributed by atoms with Crippen LogP contribution in [0.3, 0.4) is 0 Å². The summed E-state index contributed by atoms with van der Waals surface area (Å²) in [7, 11) is 3.82. The summed E-state index contributed by atoms with van der Waals surface area (Å²) in [5.41, 5.74) is 0.834. The molecule has 1 aliphatic heterocycles. The average molecular weight is 455 g/mol. The predicted molar refractivity (Wildman–Crippen MR) is 133 cm³/mol. The molecule has 1 atom stereocenters. The van der Waals surface area contributed by atoms with E-state index >= 15 is 0 Å². The van der Waals surface area contributed by atoms with Crippen molar-refractivity contribution in [2.45, 2.75) is 51.5 Å². The van der Waals surface area contributed by atoms with Gasteiger partial charge in [0.15, 0.2) is 6.61 Å². The van der Waals surface area contributed by atoms with E-state index in [2.05, 4.69) is 18.9 Å². The van der Waals surface area contributed by atoms with Crippen molar-refractivity contribution in [2.24, 2.45) is 0 Å². The first-order valence-corrected chi connectivity index (χ1v) is 12.1. The van der Waals surface area contributed by atoms with Gasteiger partial charge in [0, 0.05) is 24.3 Å². The second kappa shape index (κ2) is 13.1. The van der Waals surface area contributed by atoms with Crippen molar-refractivity contribution in [1.29, 1.82) is 0 Å². The Bertz CT molecular complexity index is 855. The molecule has 0 aromatic heterocycles. The van der Waals surface area contributed by atoms with Gasteiger partial charge in [-0.05, 0) is 75.7 Å². The Hall–Kier alpha value is -2.73. The van der Waals surface area contributed by atoms with Crippen LogP contribution in [-0.4, -0.2) is 57.3 Å². The number of hydrogen-bond donors (Lipinski definition) is 0. The van der Waals surface area contributed by atoms with Gasteiger partial charge in [0.25, 0.3) is 5.91 Å². The summed E-state index contributed by atoms with van der Waals surface area (Å²) in [6.07, 6.45) is 6.75. The number of nitrogens with zero attached hydrogens (tertiary/aromatic N) is 2. The summed E-state index contributed by atoms with van der Waals surface area (Å²) in [6, 6.07) is 15.6. The van der Waals surface area contributed by atoms with Crippen molar-refractivity contribution >= 4 is 11.6 Å². The summed E-state index contributed by atoms with van der Waals surface area (Å²) in [5, 5.41) is 0. The molecule has 1 fully saturated rings. The lowest BCUT2D eigenvalue weighted by Crippen LogP contribution is -2.41. The van der Waals surface area contributed by atoms with Gasteiger partial charge in [0.2, 0.25) is 0 Å². The molecule has 180 valence electrons.